The number of nitro groups is 1. The van der Waals surface area contributed by atoms with Gasteiger partial charge in [0.15, 0.2) is 18.0 Å². The zero-order chi connectivity index (χ0) is 23.8. The molecule has 182 valence electrons. The molecule has 0 saturated heterocycles. The summed E-state index contributed by atoms with van der Waals surface area (Å²) in [5, 5.41) is 11.4. The number of halogens is 1. The van der Waals surface area contributed by atoms with E-state index in [0.29, 0.717) is 24.5 Å². The number of carbonyl (C=O) groups excluding carboxylic acids is 1. The van der Waals surface area contributed by atoms with Crippen molar-refractivity contribution in [2.45, 2.75) is 19.9 Å². The quantitative estimate of drug-likeness (QED) is 0.194. The summed E-state index contributed by atoms with van der Waals surface area (Å²) in [6.07, 6.45) is 2.32. The highest BCUT2D eigenvalue weighted by Gasteiger charge is 2.33. The predicted molar refractivity (Wildman–Crippen MR) is 123 cm³/mol. The molecule has 0 atom stereocenters. The molecule has 5 rings (SSSR count). The van der Waals surface area contributed by atoms with Crippen LogP contribution >= 0.6 is 0 Å². The van der Waals surface area contributed by atoms with Crippen molar-refractivity contribution in [3.8, 4) is 11.5 Å². The van der Waals surface area contributed by atoms with Crippen molar-refractivity contribution in [3.63, 3.8) is 0 Å². The van der Waals surface area contributed by atoms with E-state index in [2.05, 4.69) is 4.58 Å². The van der Waals surface area contributed by atoms with Gasteiger partial charge in [-0.1, -0.05) is 12.1 Å². The number of nitrogens with zero attached hydrogens (tertiary/aromatic N) is 3. The summed E-state index contributed by atoms with van der Waals surface area (Å²) in [5.41, 5.74) is 5.27. The minimum Gasteiger partial charge on any atom is -1.00 e. The highest BCUT2D eigenvalue weighted by Crippen LogP contribution is 2.37. The van der Waals surface area contributed by atoms with Gasteiger partial charge in [-0.05, 0) is 36.8 Å². The summed E-state index contributed by atoms with van der Waals surface area (Å²) in [4.78, 5) is 23.1. The smallest absolute Gasteiger partial charge is 0.338 e. The van der Waals surface area contributed by atoms with Crippen molar-refractivity contribution >= 4 is 17.4 Å². The van der Waals surface area contributed by atoms with Gasteiger partial charge in [0.2, 0.25) is 12.5 Å². The third kappa shape index (κ3) is 4.66. The SMILES string of the molecule is CCOC(=O)c1ccc(C[N+]2=C(c3cc([N+](=O)[O-])cn3C)c3cc4c(cc3CC2)OCO4)cc1.[Br-]. The summed E-state index contributed by atoms with van der Waals surface area (Å²) in [7, 11) is 1.81. The molecule has 10 heteroatoms. The lowest BCUT2D eigenvalue weighted by atomic mass is 9.93. The van der Waals surface area contributed by atoms with Gasteiger partial charge in [-0.3, -0.25) is 10.1 Å². The first kappa shape index (κ1) is 24.5. The van der Waals surface area contributed by atoms with Crippen molar-refractivity contribution in [1.82, 2.24) is 4.57 Å². The molecule has 0 spiro atoms. The van der Waals surface area contributed by atoms with Crippen molar-refractivity contribution in [3.05, 3.63) is 86.7 Å². The largest absolute Gasteiger partial charge is 1.00 e. The minimum atomic E-state index is -0.383. The van der Waals surface area contributed by atoms with Gasteiger partial charge in [0.05, 0.1) is 28.9 Å². The van der Waals surface area contributed by atoms with E-state index in [4.69, 9.17) is 14.2 Å². The third-order valence-corrected chi connectivity index (χ3v) is 6.10. The van der Waals surface area contributed by atoms with Crippen molar-refractivity contribution in [2.75, 3.05) is 19.9 Å². The molecule has 0 N–H and O–H groups in total. The van der Waals surface area contributed by atoms with E-state index >= 15 is 0 Å². The molecular formula is C25H24BrN3O6. The molecule has 0 amide bonds. The Morgan fingerprint density at radius 2 is 1.89 bits per heavy atom. The molecule has 2 aromatic carbocycles. The fourth-order valence-corrected chi connectivity index (χ4v) is 4.47. The van der Waals surface area contributed by atoms with Gasteiger partial charge in [0.1, 0.15) is 12.2 Å². The molecule has 3 heterocycles. The fraction of sp³-hybridized carbons (Fsp3) is 0.280. The Balaban J connectivity index is 0.00000289. The van der Waals surface area contributed by atoms with Crippen LogP contribution in [0.3, 0.4) is 0 Å². The van der Waals surface area contributed by atoms with E-state index in [1.54, 1.807) is 29.7 Å². The molecule has 1 aromatic heterocycles. The monoisotopic (exact) mass is 541 g/mol. The molecule has 9 nitrogen and oxygen atoms in total. The van der Waals surface area contributed by atoms with Crippen molar-refractivity contribution < 1.29 is 45.5 Å². The number of carbonyl (C=O) groups is 1. The fourth-order valence-electron chi connectivity index (χ4n) is 4.47. The van der Waals surface area contributed by atoms with Crippen LogP contribution in [0.1, 0.15) is 39.7 Å². The number of benzene rings is 2. The minimum absolute atomic E-state index is 0. The second-order valence-corrected chi connectivity index (χ2v) is 8.25. The molecule has 0 bridgehead atoms. The van der Waals surface area contributed by atoms with Gasteiger partial charge in [0.25, 0.3) is 5.69 Å². The Labute approximate surface area is 212 Å². The number of fused-ring (bicyclic) bond motifs is 2. The van der Waals surface area contributed by atoms with Crippen LogP contribution in [0.2, 0.25) is 0 Å². The molecule has 3 aromatic rings. The normalized spacial score (nSPS) is 13.8. The average Bonchev–Trinajstić information content (AvgIpc) is 3.44. The number of rotatable bonds is 6. The first-order valence-electron chi connectivity index (χ1n) is 11.1. The Bertz CT molecular complexity index is 1330. The lowest BCUT2D eigenvalue weighted by Gasteiger charge is -2.20. The van der Waals surface area contributed by atoms with Crippen LogP contribution in [-0.2, 0) is 24.8 Å². The molecule has 2 aliphatic rings. The summed E-state index contributed by atoms with van der Waals surface area (Å²) >= 11 is 0. The van der Waals surface area contributed by atoms with Crippen LogP contribution in [0, 0.1) is 10.1 Å². The van der Waals surface area contributed by atoms with E-state index < -0.39 is 0 Å². The highest BCUT2D eigenvalue weighted by molar-refractivity contribution is 6.10. The highest BCUT2D eigenvalue weighted by atomic mass is 79.9. The Morgan fingerprint density at radius 1 is 1.17 bits per heavy atom. The van der Waals surface area contributed by atoms with Gasteiger partial charge in [0, 0.05) is 25.1 Å². The van der Waals surface area contributed by atoms with E-state index in [1.807, 2.05) is 31.3 Å². The maximum Gasteiger partial charge on any atom is 0.338 e. The number of hydrogen-bond donors (Lipinski definition) is 0. The lowest BCUT2D eigenvalue weighted by Crippen LogP contribution is -3.00. The van der Waals surface area contributed by atoms with Gasteiger partial charge < -0.3 is 35.8 Å². The van der Waals surface area contributed by atoms with Gasteiger partial charge in [-0.2, -0.15) is 0 Å². The van der Waals surface area contributed by atoms with Crippen LogP contribution < -0.4 is 26.5 Å². The van der Waals surface area contributed by atoms with E-state index in [-0.39, 0.29) is 40.4 Å². The first-order chi connectivity index (χ1) is 16.4. The summed E-state index contributed by atoms with van der Waals surface area (Å²) < 4.78 is 20.2. The number of esters is 1. The number of aromatic nitrogens is 1. The topological polar surface area (TPSA) is 95.8 Å². The zero-order valence-electron chi connectivity index (χ0n) is 19.3. The molecule has 35 heavy (non-hydrogen) atoms. The van der Waals surface area contributed by atoms with E-state index in [1.165, 1.54) is 6.20 Å². The summed E-state index contributed by atoms with van der Waals surface area (Å²) in [6, 6.07) is 12.9. The first-order valence-corrected chi connectivity index (χ1v) is 11.1. The molecule has 0 fully saturated rings. The standard InChI is InChI=1S/C25H24N3O6.BrH/c1-3-32-25(29)17-6-4-16(5-7-17)13-27-9-8-18-10-22-23(34-15-33-22)12-20(18)24(27)21-11-19(28(30)31)14-26(21)2;/h4-7,10-12,14H,3,8-9,13,15H2,1-2H3;1H/q+1;/p-1. The van der Waals surface area contributed by atoms with Gasteiger partial charge in [-0.25, -0.2) is 9.37 Å². The number of ether oxygens (including phenoxy) is 3. The predicted octanol–water partition coefficient (Wildman–Crippen LogP) is 0.449. The van der Waals surface area contributed by atoms with Crippen molar-refractivity contribution in [2.24, 2.45) is 7.05 Å². The van der Waals surface area contributed by atoms with Crippen LogP contribution in [0.4, 0.5) is 5.69 Å². The van der Waals surface area contributed by atoms with Crippen LogP contribution in [0.25, 0.3) is 0 Å². The number of hydrogen-bond acceptors (Lipinski definition) is 6. The lowest BCUT2D eigenvalue weighted by molar-refractivity contribution is -0.544. The Hall–Kier alpha value is -3.66. The third-order valence-electron chi connectivity index (χ3n) is 6.10. The molecule has 0 radical (unpaired) electrons. The van der Waals surface area contributed by atoms with Crippen molar-refractivity contribution in [1.29, 1.82) is 0 Å². The van der Waals surface area contributed by atoms with E-state index in [9.17, 15) is 14.9 Å². The Kier molecular flexibility index (Phi) is 6.93. The second kappa shape index (κ2) is 9.91. The maximum atomic E-state index is 12.0. The molecular weight excluding hydrogens is 518 g/mol. The van der Waals surface area contributed by atoms with E-state index in [0.717, 1.165) is 46.8 Å². The summed E-state index contributed by atoms with van der Waals surface area (Å²) in [5.74, 6) is 1.04. The zero-order valence-corrected chi connectivity index (χ0v) is 20.9. The van der Waals surface area contributed by atoms with Crippen LogP contribution in [0.5, 0.6) is 11.5 Å². The Morgan fingerprint density at radius 3 is 2.54 bits per heavy atom. The average molecular weight is 542 g/mol. The second-order valence-electron chi connectivity index (χ2n) is 8.25. The van der Waals surface area contributed by atoms with Gasteiger partial charge >= 0.3 is 5.97 Å². The number of aryl methyl sites for hydroxylation is 1. The molecule has 2 aliphatic heterocycles. The van der Waals surface area contributed by atoms with Crippen LogP contribution in [0.15, 0.2) is 48.7 Å². The molecule has 0 unspecified atom stereocenters. The molecule has 0 saturated carbocycles. The maximum absolute atomic E-state index is 12.0. The van der Waals surface area contributed by atoms with Gasteiger partial charge in [-0.15, -0.1) is 0 Å². The molecule has 0 aliphatic carbocycles. The van der Waals surface area contributed by atoms with Crippen LogP contribution in [-0.4, -0.2) is 45.7 Å². The summed E-state index contributed by atoms with van der Waals surface area (Å²) in [6.45, 7) is 3.58.